The highest BCUT2D eigenvalue weighted by Gasteiger charge is 2.43. The topological polar surface area (TPSA) is 77.2 Å². The van der Waals surface area contributed by atoms with Crippen molar-refractivity contribution in [3.8, 4) is 5.75 Å². The number of carbonyl (C=O) groups excluding carboxylic acids is 1. The molecule has 1 heterocycles. The summed E-state index contributed by atoms with van der Waals surface area (Å²) >= 11 is 0. The first kappa shape index (κ1) is 24.4. The molecule has 1 amide bonds. The van der Waals surface area contributed by atoms with E-state index in [9.17, 15) is 22.4 Å². The lowest BCUT2D eigenvalue weighted by molar-refractivity contribution is -0.253. The Kier molecular flexibility index (Phi) is 8.57. The standard InChI is InChI=1S/C16H14F4N2O2.C4H11N/c1-10(22-14(23)12-6-8-21-9-7-12)11-2-4-13(5-3-11)24-16(19,20)15(17)18;1-4(2,3)5/h2-10,15H,1H3,(H,22,23);5H2,1-3H3. The van der Waals surface area contributed by atoms with E-state index in [0.717, 1.165) is 12.1 Å². The van der Waals surface area contributed by atoms with Gasteiger partial charge in [0.15, 0.2) is 0 Å². The van der Waals surface area contributed by atoms with E-state index in [2.05, 4.69) is 15.0 Å². The van der Waals surface area contributed by atoms with Gasteiger partial charge in [-0.3, -0.25) is 9.78 Å². The van der Waals surface area contributed by atoms with Crippen LogP contribution in [-0.4, -0.2) is 29.0 Å². The molecule has 3 N–H and O–H groups in total. The summed E-state index contributed by atoms with van der Waals surface area (Å²) in [4.78, 5) is 15.8. The number of nitrogens with one attached hydrogen (secondary N) is 1. The van der Waals surface area contributed by atoms with Gasteiger partial charge < -0.3 is 15.8 Å². The molecule has 1 atom stereocenters. The van der Waals surface area contributed by atoms with Gasteiger partial charge in [0.25, 0.3) is 5.91 Å². The number of carbonyl (C=O) groups is 1. The fraction of sp³-hybridized carbons (Fsp3) is 0.400. The summed E-state index contributed by atoms with van der Waals surface area (Å²) in [5.74, 6) is -0.717. The van der Waals surface area contributed by atoms with E-state index < -0.39 is 24.3 Å². The van der Waals surface area contributed by atoms with E-state index in [-0.39, 0.29) is 11.4 Å². The molecule has 1 aromatic heterocycles. The third-order valence-electron chi connectivity index (χ3n) is 3.18. The molecule has 0 fully saturated rings. The first-order valence-electron chi connectivity index (χ1n) is 8.74. The molecule has 0 bridgehead atoms. The molecule has 0 aliphatic carbocycles. The minimum atomic E-state index is -4.55. The van der Waals surface area contributed by atoms with Crippen LogP contribution in [0.1, 0.15) is 49.7 Å². The number of nitrogens with zero attached hydrogens (tertiary/aromatic N) is 1. The van der Waals surface area contributed by atoms with E-state index in [1.54, 1.807) is 19.1 Å². The monoisotopic (exact) mass is 415 g/mol. The van der Waals surface area contributed by atoms with Crippen LogP contribution in [0.2, 0.25) is 0 Å². The van der Waals surface area contributed by atoms with Crippen molar-refractivity contribution in [1.29, 1.82) is 0 Å². The lowest BCUT2D eigenvalue weighted by Gasteiger charge is -2.18. The second-order valence-electron chi connectivity index (χ2n) is 7.33. The molecule has 1 aromatic carbocycles. The molecule has 29 heavy (non-hydrogen) atoms. The number of rotatable bonds is 6. The smallest absolute Gasteiger partial charge is 0.428 e. The normalized spacial score (nSPS) is 12.6. The predicted octanol–water partition coefficient (Wildman–Crippen LogP) is 4.55. The first-order chi connectivity index (χ1) is 13.3. The number of aromatic nitrogens is 1. The van der Waals surface area contributed by atoms with Crippen LogP contribution in [-0.2, 0) is 0 Å². The van der Waals surface area contributed by atoms with Gasteiger partial charge in [0.2, 0.25) is 0 Å². The fourth-order valence-corrected chi connectivity index (χ4v) is 1.89. The van der Waals surface area contributed by atoms with Crippen molar-refractivity contribution in [3.05, 3.63) is 59.9 Å². The van der Waals surface area contributed by atoms with E-state index >= 15 is 0 Å². The number of hydrogen-bond acceptors (Lipinski definition) is 4. The van der Waals surface area contributed by atoms with Crippen molar-refractivity contribution in [2.45, 2.75) is 51.8 Å². The largest absolute Gasteiger partial charge is 0.461 e. The number of hydrogen-bond donors (Lipinski definition) is 2. The van der Waals surface area contributed by atoms with Gasteiger partial charge in [0.05, 0.1) is 6.04 Å². The number of nitrogens with two attached hydrogens (primary N) is 1. The third kappa shape index (κ3) is 9.38. The van der Waals surface area contributed by atoms with Crippen LogP contribution in [0.4, 0.5) is 17.6 Å². The number of halogens is 4. The molecule has 2 aromatic rings. The number of alkyl halides is 4. The number of ether oxygens (including phenoxy) is 1. The van der Waals surface area contributed by atoms with Crippen LogP contribution in [0.25, 0.3) is 0 Å². The third-order valence-corrected chi connectivity index (χ3v) is 3.18. The molecule has 2 rings (SSSR count). The highest BCUT2D eigenvalue weighted by molar-refractivity contribution is 5.94. The zero-order valence-electron chi connectivity index (χ0n) is 16.6. The van der Waals surface area contributed by atoms with Crippen LogP contribution in [0, 0.1) is 0 Å². The Labute approximate surface area is 167 Å². The zero-order chi connectivity index (χ0) is 22.2. The van der Waals surface area contributed by atoms with Crippen LogP contribution in [0.5, 0.6) is 5.75 Å². The van der Waals surface area contributed by atoms with Gasteiger partial charge in [-0.2, -0.15) is 17.6 Å². The van der Waals surface area contributed by atoms with Gasteiger partial charge in [-0.25, -0.2) is 0 Å². The van der Waals surface area contributed by atoms with Crippen molar-refractivity contribution in [3.63, 3.8) is 0 Å². The molecular weight excluding hydrogens is 390 g/mol. The zero-order valence-corrected chi connectivity index (χ0v) is 16.6. The minimum Gasteiger partial charge on any atom is -0.428 e. The Hall–Kier alpha value is -2.68. The Morgan fingerprint density at radius 3 is 2.00 bits per heavy atom. The average molecular weight is 415 g/mol. The van der Waals surface area contributed by atoms with Gasteiger partial charge in [0.1, 0.15) is 5.75 Å². The van der Waals surface area contributed by atoms with E-state index in [1.807, 2.05) is 20.8 Å². The van der Waals surface area contributed by atoms with E-state index in [0.29, 0.717) is 11.1 Å². The SMILES string of the molecule is CC(C)(C)N.CC(NC(=O)c1ccncc1)c1ccc(OC(F)(F)C(F)F)cc1. The Bertz CT molecular complexity index is 758. The van der Waals surface area contributed by atoms with Gasteiger partial charge >= 0.3 is 12.5 Å². The average Bonchev–Trinajstić information content (AvgIpc) is 2.61. The molecule has 0 spiro atoms. The van der Waals surface area contributed by atoms with Gasteiger partial charge in [-0.15, -0.1) is 0 Å². The molecule has 9 heteroatoms. The Balaban J connectivity index is 0.000000749. The molecule has 0 radical (unpaired) electrons. The predicted molar refractivity (Wildman–Crippen MR) is 102 cm³/mol. The molecule has 1 unspecified atom stereocenters. The number of pyridine rings is 1. The lowest BCUT2D eigenvalue weighted by Crippen LogP contribution is -2.33. The Morgan fingerprint density at radius 1 is 1.07 bits per heavy atom. The maximum Gasteiger partial charge on any atom is 0.461 e. The van der Waals surface area contributed by atoms with Crippen molar-refractivity contribution in [1.82, 2.24) is 10.3 Å². The van der Waals surface area contributed by atoms with E-state index in [4.69, 9.17) is 5.73 Å². The molecular formula is C20H25F4N3O2. The van der Waals surface area contributed by atoms with Gasteiger partial charge in [-0.1, -0.05) is 12.1 Å². The second-order valence-corrected chi connectivity index (χ2v) is 7.33. The lowest BCUT2D eigenvalue weighted by atomic mass is 10.1. The fourth-order valence-electron chi connectivity index (χ4n) is 1.89. The number of amides is 1. The maximum absolute atomic E-state index is 12.8. The van der Waals surface area contributed by atoms with Gasteiger partial charge in [-0.05, 0) is 57.5 Å². The van der Waals surface area contributed by atoms with Crippen LogP contribution in [0.15, 0.2) is 48.8 Å². The van der Waals surface area contributed by atoms with Crippen molar-refractivity contribution in [2.24, 2.45) is 5.73 Å². The highest BCUT2D eigenvalue weighted by Crippen LogP contribution is 2.28. The van der Waals surface area contributed by atoms with Crippen molar-refractivity contribution < 1.29 is 27.1 Å². The van der Waals surface area contributed by atoms with Crippen molar-refractivity contribution >= 4 is 5.91 Å². The highest BCUT2D eigenvalue weighted by atomic mass is 19.3. The summed E-state index contributed by atoms with van der Waals surface area (Å²) in [6.07, 6.45) is -5.51. The van der Waals surface area contributed by atoms with Crippen LogP contribution in [0.3, 0.4) is 0 Å². The molecule has 0 aliphatic rings. The van der Waals surface area contributed by atoms with Crippen LogP contribution < -0.4 is 15.8 Å². The molecule has 0 saturated carbocycles. The molecule has 5 nitrogen and oxygen atoms in total. The quantitative estimate of drug-likeness (QED) is 0.679. The maximum atomic E-state index is 12.8. The molecule has 0 saturated heterocycles. The summed E-state index contributed by atoms with van der Waals surface area (Å²) in [6, 6.07) is 7.77. The summed E-state index contributed by atoms with van der Waals surface area (Å²) in [5, 5.41) is 2.72. The Morgan fingerprint density at radius 2 is 1.55 bits per heavy atom. The summed E-state index contributed by atoms with van der Waals surface area (Å²) < 4.78 is 53.8. The number of benzene rings is 1. The summed E-state index contributed by atoms with van der Waals surface area (Å²) in [6.45, 7) is 7.59. The van der Waals surface area contributed by atoms with E-state index in [1.165, 1.54) is 24.5 Å². The molecule has 160 valence electrons. The second kappa shape index (κ2) is 10.2. The summed E-state index contributed by atoms with van der Waals surface area (Å²) in [7, 11) is 0. The van der Waals surface area contributed by atoms with Crippen LogP contribution >= 0.6 is 0 Å². The minimum absolute atomic E-state index is 0. The van der Waals surface area contributed by atoms with Crippen molar-refractivity contribution in [2.75, 3.05) is 0 Å². The first-order valence-corrected chi connectivity index (χ1v) is 8.74. The summed E-state index contributed by atoms with van der Waals surface area (Å²) in [5.41, 5.74) is 6.38. The molecule has 0 aliphatic heterocycles. The van der Waals surface area contributed by atoms with Gasteiger partial charge in [0, 0.05) is 23.5 Å².